The van der Waals surface area contributed by atoms with E-state index in [-0.39, 0.29) is 5.91 Å². The Hall–Kier alpha value is -1.02. The van der Waals surface area contributed by atoms with Crippen LogP contribution >= 0.6 is 11.6 Å². The van der Waals surface area contributed by atoms with E-state index in [4.69, 9.17) is 11.6 Å². The molecule has 0 unspecified atom stereocenters. The predicted molar refractivity (Wildman–Crippen MR) is 58.8 cm³/mol. The average molecular weight is 212 g/mol. The summed E-state index contributed by atoms with van der Waals surface area (Å²) in [6, 6.07) is 7.53. The van der Waals surface area contributed by atoms with Gasteiger partial charge in [-0.1, -0.05) is 17.7 Å². The zero-order chi connectivity index (χ0) is 10.4. The van der Waals surface area contributed by atoms with Gasteiger partial charge in [-0.15, -0.1) is 11.6 Å². The van der Waals surface area contributed by atoms with E-state index >= 15 is 0 Å². The van der Waals surface area contributed by atoms with Gasteiger partial charge < -0.3 is 5.32 Å². The van der Waals surface area contributed by atoms with Crippen molar-refractivity contribution in [1.82, 2.24) is 5.32 Å². The molecule has 2 nitrogen and oxygen atoms in total. The van der Waals surface area contributed by atoms with E-state index in [1.54, 1.807) is 0 Å². The van der Waals surface area contributed by atoms with Gasteiger partial charge in [-0.3, -0.25) is 4.79 Å². The molecular formula is C11H14ClNO. The lowest BCUT2D eigenvalue weighted by Crippen LogP contribution is -2.24. The molecule has 1 rings (SSSR count). The van der Waals surface area contributed by atoms with Crippen molar-refractivity contribution in [3.63, 3.8) is 0 Å². The standard InChI is InChI=1S/C11H14ClNO/c1-9-4-2-5-10(8-9)11(14)13-7-3-6-12/h2,4-5,8H,3,6-7H2,1H3,(H,13,14). The minimum Gasteiger partial charge on any atom is -0.352 e. The fraction of sp³-hybridized carbons (Fsp3) is 0.364. The van der Waals surface area contributed by atoms with Gasteiger partial charge in [0.25, 0.3) is 5.91 Å². The van der Waals surface area contributed by atoms with Crippen LogP contribution in [0.2, 0.25) is 0 Å². The first-order chi connectivity index (χ1) is 6.74. The number of hydrogen-bond donors (Lipinski definition) is 1. The SMILES string of the molecule is Cc1cccc(C(=O)NCCCCl)c1. The van der Waals surface area contributed by atoms with Crippen LogP contribution < -0.4 is 5.32 Å². The number of aryl methyl sites for hydroxylation is 1. The van der Waals surface area contributed by atoms with E-state index in [2.05, 4.69) is 5.32 Å². The molecule has 1 N–H and O–H groups in total. The zero-order valence-corrected chi connectivity index (χ0v) is 8.97. The monoisotopic (exact) mass is 211 g/mol. The van der Waals surface area contributed by atoms with E-state index in [1.165, 1.54) is 0 Å². The van der Waals surface area contributed by atoms with Crippen molar-refractivity contribution in [2.45, 2.75) is 13.3 Å². The second kappa shape index (κ2) is 5.66. The van der Waals surface area contributed by atoms with Crippen LogP contribution in [0.3, 0.4) is 0 Å². The molecule has 14 heavy (non-hydrogen) atoms. The second-order valence-electron chi connectivity index (χ2n) is 3.17. The van der Waals surface area contributed by atoms with Crippen LogP contribution in [0.4, 0.5) is 0 Å². The van der Waals surface area contributed by atoms with Crippen LogP contribution in [0.1, 0.15) is 22.3 Å². The highest BCUT2D eigenvalue weighted by Gasteiger charge is 2.03. The van der Waals surface area contributed by atoms with E-state index in [9.17, 15) is 4.79 Å². The molecule has 0 aliphatic heterocycles. The van der Waals surface area contributed by atoms with Crippen LogP contribution in [0.15, 0.2) is 24.3 Å². The lowest BCUT2D eigenvalue weighted by Gasteiger charge is -2.04. The molecule has 1 aromatic rings. The molecule has 0 bridgehead atoms. The predicted octanol–water partition coefficient (Wildman–Crippen LogP) is 2.35. The Bertz CT molecular complexity index is 312. The highest BCUT2D eigenvalue weighted by atomic mass is 35.5. The molecule has 0 aliphatic rings. The van der Waals surface area contributed by atoms with Crippen LogP contribution in [0, 0.1) is 6.92 Å². The molecule has 0 fully saturated rings. The fourth-order valence-corrected chi connectivity index (χ4v) is 1.29. The normalized spacial score (nSPS) is 9.86. The minimum atomic E-state index is -0.0289. The zero-order valence-electron chi connectivity index (χ0n) is 8.22. The lowest BCUT2D eigenvalue weighted by molar-refractivity contribution is 0.0953. The Balaban J connectivity index is 2.52. The van der Waals surface area contributed by atoms with Gasteiger partial charge >= 0.3 is 0 Å². The summed E-state index contributed by atoms with van der Waals surface area (Å²) in [5, 5.41) is 2.80. The van der Waals surface area contributed by atoms with Gasteiger partial charge in [0, 0.05) is 18.0 Å². The van der Waals surface area contributed by atoms with E-state index in [1.807, 2.05) is 31.2 Å². The first kappa shape index (κ1) is 11.1. The van der Waals surface area contributed by atoms with Crippen molar-refractivity contribution in [3.05, 3.63) is 35.4 Å². The number of benzene rings is 1. The van der Waals surface area contributed by atoms with Gasteiger partial charge in [-0.25, -0.2) is 0 Å². The number of hydrogen-bond acceptors (Lipinski definition) is 1. The van der Waals surface area contributed by atoms with Crippen molar-refractivity contribution in [1.29, 1.82) is 0 Å². The van der Waals surface area contributed by atoms with Gasteiger partial charge in [0.05, 0.1) is 0 Å². The maximum atomic E-state index is 11.5. The van der Waals surface area contributed by atoms with E-state index in [0.29, 0.717) is 18.0 Å². The molecule has 0 saturated carbocycles. The van der Waals surface area contributed by atoms with Gasteiger partial charge in [0.2, 0.25) is 0 Å². The van der Waals surface area contributed by atoms with Gasteiger partial charge in [0.1, 0.15) is 0 Å². The molecule has 3 heteroatoms. The highest BCUT2D eigenvalue weighted by molar-refractivity contribution is 6.17. The summed E-state index contributed by atoms with van der Waals surface area (Å²) in [5.41, 5.74) is 1.80. The molecule has 76 valence electrons. The molecule has 0 aliphatic carbocycles. The first-order valence-electron chi connectivity index (χ1n) is 4.65. The molecule has 0 saturated heterocycles. The highest BCUT2D eigenvalue weighted by Crippen LogP contribution is 2.03. The first-order valence-corrected chi connectivity index (χ1v) is 5.18. The topological polar surface area (TPSA) is 29.1 Å². The van der Waals surface area contributed by atoms with Crippen molar-refractivity contribution in [2.24, 2.45) is 0 Å². The quantitative estimate of drug-likeness (QED) is 0.601. The number of alkyl halides is 1. The summed E-state index contributed by atoms with van der Waals surface area (Å²) in [5.74, 6) is 0.549. The van der Waals surface area contributed by atoms with Crippen LogP contribution in [-0.4, -0.2) is 18.3 Å². The molecule has 0 aromatic heterocycles. The van der Waals surface area contributed by atoms with Gasteiger partial charge in [-0.2, -0.15) is 0 Å². The third kappa shape index (κ3) is 3.38. The van der Waals surface area contributed by atoms with Gasteiger partial charge in [0.15, 0.2) is 0 Å². The summed E-state index contributed by atoms with van der Waals surface area (Å²) in [6.07, 6.45) is 0.805. The summed E-state index contributed by atoms with van der Waals surface area (Å²) in [7, 11) is 0. The number of nitrogens with one attached hydrogen (secondary N) is 1. The number of rotatable bonds is 4. The Labute approximate surface area is 89.3 Å². The summed E-state index contributed by atoms with van der Waals surface area (Å²) < 4.78 is 0. The maximum Gasteiger partial charge on any atom is 0.251 e. The Morgan fingerprint density at radius 2 is 2.29 bits per heavy atom. The molecule has 0 spiro atoms. The van der Waals surface area contributed by atoms with Crippen molar-refractivity contribution >= 4 is 17.5 Å². The molecule has 0 radical (unpaired) electrons. The van der Waals surface area contributed by atoms with Crippen LogP contribution in [0.5, 0.6) is 0 Å². The smallest absolute Gasteiger partial charge is 0.251 e. The van der Waals surface area contributed by atoms with Crippen molar-refractivity contribution in [2.75, 3.05) is 12.4 Å². The maximum absolute atomic E-state index is 11.5. The Kier molecular flexibility index (Phi) is 4.47. The van der Waals surface area contributed by atoms with E-state index < -0.39 is 0 Å². The third-order valence-electron chi connectivity index (χ3n) is 1.88. The summed E-state index contributed by atoms with van der Waals surface area (Å²) in [4.78, 5) is 11.5. The minimum absolute atomic E-state index is 0.0289. The lowest BCUT2D eigenvalue weighted by atomic mass is 10.1. The van der Waals surface area contributed by atoms with Crippen molar-refractivity contribution < 1.29 is 4.79 Å². The molecule has 1 amide bonds. The van der Waals surface area contributed by atoms with E-state index in [0.717, 1.165) is 12.0 Å². The molecular weight excluding hydrogens is 198 g/mol. The third-order valence-corrected chi connectivity index (χ3v) is 2.14. The molecule has 0 heterocycles. The molecule has 1 aromatic carbocycles. The Morgan fingerprint density at radius 3 is 2.93 bits per heavy atom. The van der Waals surface area contributed by atoms with Gasteiger partial charge in [-0.05, 0) is 25.5 Å². The molecule has 0 atom stereocenters. The van der Waals surface area contributed by atoms with Crippen molar-refractivity contribution in [3.8, 4) is 0 Å². The van der Waals surface area contributed by atoms with Crippen LogP contribution in [-0.2, 0) is 0 Å². The van der Waals surface area contributed by atoms with Crippen LogP contribution in [0.25, 0.3) is 0 Å². The summed E-state index contributed by atoms with van der Waals surface area (Å²) in [6.45, 7) is 2.60. The Morgan fingerprint density at radius 1 is 1.50 bits per heavy atom. The number of carbonyl (C=O) groups excluding carboxylic acids is 1. The number of carbonyl (C=O) groups is 1. The number of halogens is 1. The second-order valence-corrected chi connectivity index (χ2v) is 3.55. The number of amides is 1. The average Bonchev–Trinajstić information content (AvgIpc) is 2.18. The summed E-state index contributed by atoms with van der Waals surface area (Å²) >= 11 is 5.50. The fourth-order valence-electron chi connectivity index (χ4n) is 1.16. The largest absolute Gasteiger partial charge is 0.352 e.